The number of benzene rings is 2. The molecule has 0 N–H and O–H groups in total. The lowest BCUT2D eigenvalue weighted by molar-refractivity contribution is -2.00. The van der Waals surface area contributed by atoms with Gasteiger partial charge in [0.2, 0.25) is 11.3 Å². The molecule has 2 aromatic carbocycles. The average Bonchev–Trinajstić information content (AvgIpc) is 3.12. The summed E-state index contributed by atoms with van der Waals surface area (Å²) in [4.78, 5) is 0. The molecular weight excluding hydrogens is 432 g/mol. The van der Waals surface area contributed by atoms with Crippen LogP contribution in [-0.4, -0.2) is 0 Å². The van der Waals surface area contributed by atoms with Crippen LogP contribution < -0.4 is 23.0 Å². The minimum atomic E-state index is -4.94. The summed E-state index contributed by atoms with van der Waals surface area (Å²) in [6.07, 6.45) is 1.97. The maximum absolute atomic E-state index is 9.82. The SMILES string of the molecule is N#Cc1c2oc(-c3ccccc3)cc(-c3ccccc3)c-2[n+]2ccccc12.[O-][Cl+3]([O-])([O-])[O-]. The van der Waals surface area contributed by atoms with Crippen LogP contribution in [-0.2, 0) is 0 Å². The number of rotatable bonds is 2. The molecule has 158 valence electrons. The first kappa shape index (κ1) is 21.5. The number of hydrogen-bond donors (Lipinski definition) is 0. The molecule has 7 nitrogen and oxygen atoms in total. The summed E-state index contributed by atoms with van der Waals surface area (Å²) in [7, 11) is -4.94. The fourth-order valence-electron chi connectivity index (χ4n) is 3.57. The second kappa shape index (κ2) is 8.77. The van der Waals surface area contributed by atoms with E-state index in [4.69, 9.17) is 23.1 Å². The lowest BCUT2D eigenvalue weighted by Crippen LogP contribution is -2.68. The molecule has 0 saturated heterocycles. The molecule has 3 heterocycles. The van der Waals surface area contributed by atoms with Gasteiger partial charge in [-0.25, -0.2) is 18.6 Å². The first-order valence-corrected chi connectivity index (χ1v) is 10.6. The average molecular weight is 447 g/mol. The number of pyridine rings is 1. The first-order chi connectivity index (χ1) is 15.4. The fourth-order valence-corrected chi connectivity index (χ4v) is 3.57. The molecule has 0 aliphatic carbocycles. The van der Waals surface area contributed by atoms with Gasteiger partial charge in [-0.3, -0.25) is 0 Å². The van der Waals surface area contributed by atoms with E-state index in [9.17, 15) is 5.26 Å². The predicted molar refractivity (Wildman–Crippen MR) is 104 cm³/mol. The van der Waals surface area contributed by atoms with Crippen molar-refractivity contribution in [3.05, 3.63) is 96.7 Å². The molecule has 8 heteroatoms. The van der Waals surface area contributed by atoms with Gasteiger partial charge >= 0.3 is 0 Å². The molecule has 5 rings (SSSR count). The normalized spacial score (nSPS) is 11.1. The van der Waals surface area contributed by atoms with Crippen molar-refractivity contribution in [2.24, 2.45) is 0 Å². The van der Waals surface area contributed by atoms with Crippen LogP contribution in [0.2, 0.25) is 0 Å². The molecule has 2 aliphatic heterocycles. The van der Waals surface area contributed by atoms with Crippen molar-refractivity contribution in [1.82, 2.24) is 0 Å². The summed E-state index contributed by atoms with van der Waals surface area (Å²) >= 11 is 0. The van der Waals surface area contributed by atoms with E-state index in [1.807, 2.05) is 77.3 Å². The van der Waals surface area contributed by atoms with E-state index in [0.29, 0.717) is 11.3 Å². The number of nitrogens with zero attached hydrogens (tertiary/aromatic N) is 2. The third-order valence-electron chi connectivity index (χ3n) is 4.80. The Bertz CT molecular complexity index is 1370. The molecule has 0 atom stereocenters. The van der Waals surface area contributed by atoms with Gasteiger partial charge < -0.3 is 4.42 Å². The van der Waals surface area contributed by atoms with E-state index < -0.39 is 10.2 Å². The summed E-state index contributed by atoms with van der Waals surface area (Å²) in [5, 5.41) is 9.82. The van der Waals surface area contributed by atoms with Gasteiger partial charge in [0.05, 0.1) is 5.56 Å². The maximum Gasteiger partial charge on any atom is 0.263 e. The Morgan fingerprint density at radius 1 is 0.781 bits per heavy atom. The zero-order chi connectivity index (χ0) is 22.7. The van der Waals surface area contributed by atoms with E-state index in [1.165, 1.54) is 0 Å². The van der Waals surface area contributed by atoms with E-state index in [0.717, 1.165) is 33.7 Å². The highest BCUT2D eigenvalue weighted by atomic mass is 35.7. The van der Waals surface area contributed by atoms with Crippen molar-refractivity contribution < 1.29 is 37.7 Å². The Hall–Kier alpha value is -3.77. The molecule has 0 amide bonds. The molecule has 0 spiro atoms. The lowest BCUT2D eigenvalue weighted by Gasteiger charge is -2.17. The highest BCUT2D eigenvalue weighted by molar-refractivity contribution is 5.86. The highest BCUT2D eigenvalue weighted by Crippen LogP contribution is 2.39. The van der Waals surface area contributed by atoms with E-state index in [1.54, 1.807) is 0 Å². The van der Waals surface area contributed by atoms with Gasteiger partial charge in [0.15, 0.2) is 11.8 Å². The number of fused-ring (bicyclic) bond motifs is 3. The molecule has 0 saturated carbocycles. The van der Waals surface area contributed by atoms with Crippen LogP contribution in [0.15, 0.2) is 95.5 Å². The van der Waals surface area contributed by atoms with Crippen molar-refractivity contribution in [2.45, 2.75) is 0 Å². The molecule has 3 aromatic rings. The van der Waals surface area contributed by atoms with Gasteiger partial charge in [0, 0.05) is 17.7 Å². The summed E-state index contributed by atoms with van der Waals surface area (Å²) in [5.41, 5.74) is 5.42. The Morgan fingerprint density at radius 2 is 1.34 bits per heavy atom. The minimum Gasteiger partial charge on any atom is -0.448 e. The van der Waals surface area contributed by atoms with Gasteiger partial charge in [0.25, 0.3) is 5.69 Å². The maximum atomic E-state index is 9.82. The van der Waals surface area contributed by atoms with Gasteiger partial charge in [0.1, 0.15) is 11.8 Å². The van der Waals surface area contributed by atoms with Crippen LogP contribution in [0.3, 0.4) is 0 Å². The van der Waals surface area contributed by atoms with Crippen molar-refractivity contribution in [1.29, 1.82) is 5.26 Å². The Kier molecular flexibility index (Phi) is 5.88. The molecule has 2 aliphatic rings. The van der Waals surface area contributed by atoms with Crippen LogP contribution >= 0.6 is 0 Å². The lowest BCUT2D eigenvalue weighted by atomic mass is 10.00. The number of nitriles is 1. The summed E-state index contributed by atoms with van der Waals surface area (Å²) in [6.45, 7) is 0. The Balaban J connectivity index is 0.000000444. The second-order valence-corrected chi connectivity index (χ2v) is 7.51. The summed E-state index contributed by atoms with van der Waals surface area (Å²) < 4.78 is 42.3. The quantitative estimate of drug-likeness (QED) is 0.364. The predicted octanol–water partition coefficient (Wildman–Crippen LogP) is 0.573. The van der Waals surface area contributed by atoms with Gasteiger partial charge in [-0.2, -0.15) is 9.66 Å². The second-order valence-electron chi connectivity index (χ2n) is 6.75. The third-order valence-corrected chi connectivity index (χ3v) is 4.80. The Morgan fingerprint density at radius 3 is 1.94 bits per heavy atom. The minimum absolute atomic E-state index is 0.556. The number of aromatic nitrogens is 1. The van der Waals surface area contributed by atoms with Crippen LogP contribution in [0, 0.1) is 21.6 Å². The molecule has 0 unspecified atom stereocenters. The van der Waals surface area contributed by atoms with Gasteiger partial charge in [-0.05, 0) is 17.7 Å². The monoisotopic (exact) mass is 446 g/mol. The van der Waals surface area contributed by atoms with Crippen molar-refractivity contribution >= 4 is 5.52 Å². The van der Waals surface area contributed by atoms with Crippen molar-refractivity contribution in [3.63, 3.8) is 0 Å². The zero-order valence-corrected chi connectivity index (χ0v) is 17.2. The van der Waals surface area contributed by atoms with Crippen LogP contribution in [0.5, 0.6) is 0 Å². The largest absolute Gasteiger partial charge is 0.448 e. The van der Waals surface area contributed by atoms with E-state index >= 15 is 0 Å². The van der Waals surface area contributed by atoms with Crippen LogP contribution in [0.1, 0.15) is 5.56 Å². The molecule has 1 aromatic heterocycles. The first-order valence-electron chi connectivity index (χ1n) is 9.39. The van der Waals surface area contributed by atoms with Gasteiger partial charge in [-0.15, -0.1) is 10.2 Å². The third kappa shape index (κ3) is 4.45. The van der Waals surface area contributed by atoms with Gasteiger partial charge in [-0.1, -0.05) is 60.7 Å². The summed E-state index contributed by atoms with van der Waals surface area (Å²) in [6, 6.07) is 30.4. The topological polar surface area (TPSA) is 133 Å². The zero-order valence-electron chi connectivity index (χ0n) is 16.5. The molecule has 32 heavy (non-hydrogen) atoms. The fraction of sp³-hybridized carbons (Fsp3) is 0. The van der Waals surface area contributed by atoms with Crippen LogP contribution in [0.4, 0.5) is 0 Å². The number of halogens is 1. The summed E-state index contributed by atoms with van der Waals surface area (Å²) in [5.74, 6) is 1.36. The highest BCUT2D eigenvalue weighted by Gasteiger charge is 2.33. The standard InChI is InChI=1S/C24H15N2O.ClHO4/c25-16-20-21-13-7-8-14-26(21)23-19(17-9-3-1-4-10-17)15-22(27-24(20)23)18-11-5-2-6-12-18;2-1(3,4)5/h1-15H;(H,2,3,4,5)/q+1;/p-1. The molecule has 0 radical (unpaired) electrons. The number of hydrogen-bond acceptors (Lipinski definition) is 6. The van der Waals surface area contributed by atoms with E-state index in [2.05, 4.69) is 24.3 Å². The smallest absolute Gasteiger partial charge is 0.263 e. The molecule has 0 fully saturated rings. The van der Waals surface area contributed by atoms with Crippen molar-refractivity contribution in [2.75, 3.05) is 0 Å². The molecular formula is C24H15ClN2O5. The van der Waals surface area contributed by atoms with E-state index in [-0.39, 0.29) is 0 Å². The van der Waals surface area contributed by atoms with Crippen molar-refractivity contribution in [3.8, 4) is 40.0 Å². The molecule has 0 bridgehead atoms. The van der Waals surface area contributed by atoms with Crippen LogP contribution in [0.25, 0.3) is 39.4 Å². The Labute approximate surface area is 185 Å².